The molecule has 0 unspecified atom stereocenters. The Bertz CT molecular complexity index is 1150. The molecule has 0 aliphatic carbocycles. The minimum atomic E-state index is -0.339. The molecule has 7 heteroatoms. The molecule has 0 spiro atoms. The van der Waals surface area contributed by atoms with E-state index in [-0.39, 0.29) is 23.8 Å². The van der Waals surface area contributed by atoms with Crippen LogP contribution >= 0.6 is 0 Å². The third kappa shape index (κ3) is 3.68. The highest BCUT2D eigenvalue weighted by atomic mass is 19.1. The molecule has 0 aliphatic rings. The quantitative estimate of drug-likeness (QED) is 0.530. The highest BCUT2D eigenvalue weighted by Gasteiger charge is 2.11. The summed E-state index contributed by atoms with van der Waals surface area (Å²) in [6.07, 6.45) is 1.74. The Morgan fingerprint density at radius 1 is 0.964 bits per heavy atom. The van der Waals surface area contributed by atoms with Gasteiger partial charge in [-0.3, -0.25) is 4.79 Å². The van der Waals surface area contributed by atoms with Crippen molar-refractivity contribution in [2.45, 2.75) is 6.54 Å². The Balaban J connectivity index is 1.59. The van der Waals surface area contributed by atoms with Crippen LogP contribution in [0.1, 0.15) is 5.89 Å². The summed E-state index contributed by atoms with van der Waals surface area (Å²) < 4.78 is 25.0. The van der Waals surface area contributed by atoms with Crippen molar-refractivity contribution in [1.29, 1.82) is 0 Å². The van der Waals surface area contributed by atoms with Crippen molar-refractivity contribution in [2.75, 3.05) is 7.11 Å². The van der Waals surface area contributed by atoms with E-state index in [0.717, 1.165) is 16.9 Å². The fourth-order valence-electron chi connectivity index (χ4n) is 2.79. The van der Waals surface area contributed by atoms with Crippen LogP contribution in [0.3, 0.4) is 0 Å². The molecule has 0 saturated carbocycles. The Kier molecular flexibility index (Phi) is 4.72. The number of ether oxygens (including phenoxy) is 1. The van der Waals surface area contributed by atoms with Gasteiger partial charge in [-0.2, -0.15) is 4.98 Å². The summed E-state index contributed by atoms with van der Waals surface area (Å²) in [4.78, 5) is 16.5. The molecule has 0 N–H and O–H groups in total. The molecule has 2 heterocycles. The van der Waals surface area contributed by atoms with Crippen LogP contribution in [0.4, 0.5) is 4.39 Å². The van der Waals surface area contributed by atoms with Gasteiger partial charge in [-0.25, -0.2) is 4.39 Å². The van der Waals surface area contributed by atoms with E-state index in [1.54, 1.807) is 31.5 Å². The maximum absolute atomic E-state index is 13.1. The average molecular weight is 377 g/mol. The second-order valence-corrected chi connectivity index (χ2v) is 6.13. The summed E-state index contributed by atoms with van der Waals surface area (Å²) >= 11 is 0. The largest absolute Gasteiger partial charge is 0.497 e. The molecule has 0 radical (unpaired) electrons. The van der Waals surface area contributed by atoms with Gasteiger partial charge in [0.1, 0.15) is 18.1 Å². The zero-order valence-electron chi connectivity index (χ0n) is 15.0. The van der Waals surface area contributed by atoms with E-state index in [0.29, 0.717) is 11.4 Å². The van der Waals surface area contributed by atoms with Gasteiger partial charge in [0.05, 0.1) is 7.11 Å². The molecule has 28 heavy (non-hydrogen) atoms. The van der Waals surface area contributed by atoms with E-state index < -0.39 is 0 Å². The first-order valence-electron chi connectivity index (χ1n) is 8.56. The third-order valence-electron chi connectivity index (χ3n) is 4.28. The first-order valence-corrected chi connectivity index (χ1v) is 8.56. The molecule has 4 rings (SSSR count). The third-order valence-corrected chi connectivity index (χ3v) is 4.28. The maximum atomic E-state index is 13.1. The second-order valence-electron chi connectivity index (χ2n) is 6.13. The lowest BCUT2D eigenvalue weighted by Gasteiger charge is -2.07. The molecular weight excluding hydrogens is 361 g/mol. The molecule has 2 aromatic carbocycles. The van der Waals surface area contributed by atoms with Crippen molar-refractivity contribution in [3.63, 3.8) is 0 Å². The van der Waals surface area contributed by atoms with Gasteiger partial charge >= 0.3 is 0 Å². The topological polar surface area (TPSA) is 70.2 Å². The molecule has 6 nitrogen and oxygen atoms in total. The first-order chi connectivity index (χ1) is 13.6. The fourth-order valence-corrected chi connectivity index (χ4v) is 2.79. The van der Waals surface area contributed by atoms with Crippen LogP contribution in [0.25, 0.3) is 22.5 Å². The van der Waals surface area contributed by atoms with E-state index in [4.69, 9.17) is 9.26 Å². The molecule has 0 atom stereocenters. The number of nitrogens with zero attached hydrogens (tertiary/aromatic N) is 3. The maximum Gasteiger partial charge on any atom is 0.251 e. The van der Waals surface area contributed by atoms with Crippen LogP contribution in [-0.2, 0) is 6.54 Å². The number of halogens is 1. The van der Waals surface area contributed by atoms with Crippen LogP contribution in [0, 0.1) is 5.82 Å². The Morgan fingerprint density at radius 3 is 2.36 bits per heavy atom. The predicted octanol–water partition coefficient (Wildman–Crippen LogP) is 3.76. The number of hydrogen-bond donors (Lipinski definition) is 0. The van der Waals surface area contributed by atoms with Crippen molar-refractivity contribution >= 4 is 0 Å². The summed E-state index contributed by atoms with van der Waals surface area (Å²) in [6.45, 7) is 0.136. The zero-order chi connectivity index (χ0) is 19.5. The summed E-state index contributed by atoms with van der Waals surface area (Å²) in [5, 5.41) is 3.90. The van der Waals surface area contributed by atoms with Crippen LogP contribution < -0.4 is 10.3 Å². The standard InChI is InChI=1S/C21H16FN3O3/c1-27-18-9-4-14(5-10-18)16-6-11-20(26)25(12-16)13-19-23-21(24-28-19)15-2-7-17(22)8-3-15/h2-12H,13H2,1H3. The van der Waals surface area contributed by atoms with Gasteiger partial charge in [0.2, 0.25) is 11.7 Å². The van der Waals surface area contributed by atoms with Gasteiger partial charge in [-0.15, -0.1) is 0 Å². The van der Waals surface area contributed by atoms with Gasteiger partial charge in [-0.1, -0.05) is 17.3 Å². The van der Waals surface area contributed by atoms with Gasteiger partial charge in [0.15, 0.2) is 0 Å². The van der Waals surface area contributed by atoms with Crippen molar-refractivity contribution in [3.8, 4) is 28.3 Å². The lowest BCUT2D eigenvalue weighted by atomic mass is 10.1. The molecule has 0 amide bonds. The van der Waals surface area contributed by atoms with Crippen LogP contribution in [0.5, 0.6) is 5.75 Å². The summed E-state index contributed by atoms with van der Waals surface area (Å²) in [5.41, 5.74) is 2.28. The van der Waals surface area contributed by atoms with Gasteiger partial charge in [0.25, 0.3) is 5.56 Å². The molecule has 0 aliphatic heterocycles. The molecule has 0 saturated heterocycles. The predicted molar refractivity (Wildman–Crippen MR) is 101 cm³/mol. The second kappa shape index (κ2) is 7.48. The summed E-state index contributed by atoms with van der Waals surface area (Å²) in [5.74, 6) is 1.05. The van der Waals surface area contributed by atoms with Crippen molar-refractivity contribution < 1.29 is 13.7 Å². The average Bonchev–Trinajstić information content (AvgIpc) is 3.19. The number of hydrogen-bond acceptors (Lipinski definition) is 5. The minimum Gasteiger partial charge on any atom is -0.497 e. The number of aromatic nitrogens is 3. The van der Waals surface area contributed by atoms with Gasteiger partial charge in [0, 0.05) is 17.8 Å². The number of pyridine rings is 1. The SMILES string of the molecule is COc1ccc(-c2ccc(=O)n(Cc3nc(-c4ccc(F)cc4)no3)c2)cc1. The molecule has 2 aromatic heterocycles. The van der Waals surface area contributed by atoms with Crippen molar-refractivity contribution in [2.24, 2.45) is 0 Å². The lowest BCUT2D eigenvalue weighted by molar-refractivity contribution is 0.370. The number of rotatable bonds is 5. The highest BCUT2D eigenvalue weighted by Crippen LogP contribution is 2.22. The molecule has 4 aromatic rings. The van der Waals surface area contributed by atoms with Gasteiger partial charge < -0.3 is 13.8 Å². The fraction of sp³-hybridized carbons (Fsp3) is 0.0952. The van der Waals surface area contributed by atoms with Crippen molar-refractivity contribution in [3.05, 3.63) is 88.9 Å². The minimum absolute atomic E-state index is 0.136. The lowest BCUT2D eigenvalue weighted by Crippen LogP contribution is -2.19. The number of methoxy groups -OCH3 is 1. The van der Waals surface area contributed by atoms with Crippen molar-refractivity contribution in [1.82, 2.24) is 14.7 Å². The molecule has 0 bridgehead atoms. The normalized spacial score (nSPS) is 10.8. The van der Waals surface area contributed by atoms with E-state index >= 15 is 0 Å². The smallest absolute Gasteiger partial charge is 0.251 e. The highest BCUT2D eigenvalue weighted by molar-refractivity contribution is 5.63. The molecular formula is C21H16FN3O3. The van der Waals surface area contributed by atoms with E-state index in [1.165, 1.54) is 22.8 Å². The monoisotopic (exact) mass is 377 g/mol. The Hall–Kier alpha value is -3.74. The first kappa shape index (κ1) is 17.7. The van der Waals surface area contributed by atoms with Gasteiger partial charge in [-0.05, 0) is 53.6 Å². The summed E-state index contributed by atoms with van der Waals surface area (Å²) in [7, 11) is 1.61. The zero-order valence-corrected chi connectivity index (χ0v) is 15.0. The number of benzene rings is 2. The Morgan fingerprint density at radius 2 is 1.64 bits per heavy atom. The van der Waals surface area contributed by atoms with E-state index in [1.807, 2.05) is 24.3 Å². The van der Waals surface area contributed by atoms with Crippen LogP contribution in [0.2, 0.25) is 0 Å². The van der Waals surface area contributed by atoms with Crippen LogP contribution in [-0.4, -0.2) is 21.8 Å². The summed E-state index contributed by atoms with van der Waals surface area (Å²) in [6, 6.07) is 16.6. The Labute approximate surface area is 159 Å². The van der Waals surface area contributed by atoms with E-state index in [9.17, 15) is 9.18 Å². The molecule has 0 fully saturated rings. The van der Waals surface area contributed by atoms with E-state index in [2.05, 4.69) is 10.1 Å². The molecule has 140 valence electrons. The van der Waals surface area contributed by atoms with Crippen LogP contribution in [0.15, 0.2) is 76.2 Å².